The Hall–Kier alpha value is -0.860. The summed E-state index contributed by atoms with van der Waals surface area (Å²) in [5.41, 5.74) is 2.88. The van der Waals surface area contributed by atoms with Crippen molar-refractivity contribution in [3.05, 3.63) is 35.4 Å². The Balaban J connectivity index is 2.01. The molecule has 94 valence electrons. The standard InChI is InChI=1S/C15H23NO/c1-3-12-4-6-14(7-5-12)15(9-16-2)8-13-10-17-11-13/h4-7,13,15-16H,3,8-11H2,1-2H3. The van der Waals surface area contributed by atoms with Gasteiger partial charge in [0.25, 0.3) is 0 Å². The summed E-state index contributed by atoms with van der Waals surface area (Å²) >= 11 is 0. The van der Waals surface area contributed by atoms with Crippen molar-refractivity contribution in [1.82, 2.24) is 5.32 Å². The molecule has 2 rings (SSSR count). The van der Waals surface area contributed by atoms with Crippen molar-refractivity contribution >= 4 is 0 Å². The van der Waals surface area contributed by atoms with Crippen molar-refractivity contribution in [2.24, 2.45) is 5.92 Å². The molecule has 1 aromatic rings. The van der Waals surface area contributed by atoms with Gasteiger partial charge in [0.1, 0.15) is 0 Å². The molecule has 1 fully saturated rings. The lowest BCUT2D eigenvalue weighted by molar-refractivity contribution is -0.0384. The predicted molar refractivity (Wildman–Crippen MR) is 71.4 cm³/mol. The summed E-state index contributed by atoms with van der Waals surface area (Å²) in [4.78, 5) is 0. The number of rotatable bonds is 6. The van der Waals surface area contributed by atoms with Gasteiger partial charge in [0.15, 0.2) is 0 Å². The van der Waals surface area contributed by atoms with E-state index in [1.807, 2.05) is 7.05 Å². The first-order valence-corrected chi connectivity index (χ1v) is 6.64. The average molecular weight is 233 g/mol. The van der Waals surface area contributed by atoms with E-state index >= 15 is 0 Å². The fourth-order valence-electron chi connectivity index (χ4n) is 2.43. The minimum Gasteiger partial charge on any atom is -0.381 e. The normalized spacial score (nSPS) is 17.8. The van der Waals surface area contributed by atoms with Crippen LogP contribution < -0.4 is 5.32 Å². The second-order valence-electron chi connectivity index (χ2n) is 4.99. The van der Waals surface area contributed by atoms with Crippen LogP contribution in [0.1, 0.15) is 30.4 Å². The Morgan fingerprint density at radius 2 is 2.00 bits per heavy atom. The molecular weight excluding hydrogens is 210 g/mol. The van der Waals surface area contributed by atoms with Gasteiger partial charge in [-0.05, 0) is 36.9 Å². The molecule has 0 saturated carbocycles. The molecule has 1 saturated heterocycles. The van der Waals surface area contributed by atoms with Gasteiger partial charge in [-0.2, -0.15) is 0 Å². The summed E-state index contributed by atoms with van der Waals surface area (Å²) in [5.74, 6) is 1.39. The topological polar surface area (TPSA) is 21.3 Å². The van der Waals surface area contributed by atoms with Gasteiger partial charge >= 0.3 is 0 Å². The Bertz CT molecular complexity index is 329. The van der Waals surface area contributed by atoms with Crippen LogP contribution in [0.4, 0.5) is 0 Å². The van der Waals surface area contributed by atoms with Gasteiger partial charge in [-0.25, -0.2) is 0 Å². The van der Waals surface area contributed by atoms with Crippen LogP contribution in [0.15, 0.2) is 24.3 Å². The molecule has 1 aliphatic heterocycles. The van der Waals surface area contributed by atoms with Crippen molar-refractivity contribution in [1.29, 1.82) is 0 Å². The number of likely N-dealkylation sites (N-methyl/N-ethyl adjacent to an activating group) is 1. The molecule has 0 spiro atoms. The van der Waals surface area contributed by atoms with Crippen LogP contribution in [0.2, 0.25) is 0 Å². The van der Waals surface area contributed by atoms with E-state index in [1.54, 1.807) is 0 Å². The quantitative estimate of drug-likeness (QED) is 0.815. The number of aryl methyl sites for hydroxylation is 1. The van der Waals surface area contributed by atoms with Gasteiger partial charge in [-0.15, -0.1) is 0 Å². The summed E-state index contributed by atoms with van der Waals surface area (Å²) in [6.45, 7) is 5.16. The van der Waals surface area contributed by atoms with Gasteiger partial charge in [0.2, 0.25) is 0 Å². The van der Waals surface area contributed by atoms with Crippen LogP contribution in [-0.4, -0.2) is 26.8 Å². The van der Waals surface area contributed by atoms with Crippen molar-refractivity contribution in [2.45, 2.75) is 25.7 Å². The molecule has 0 bridgehead atoms. The molecule has 0 aliphatic carbocycles. The molecular formula is C15H23NO. The van der Waals surface area contributed by atoms with E-state index in [-0.39, 0.29) is 0 Å². The van der Waals surface area contributed by atoms with Crippen LogP contribution in [-0.2, 0) is 11.2 Å². The maximum Gasteiger partial charge on any atom is 0.0516 e. The fraction of sp³-hybridized carbons (Fsp3) is 0.600. The van der Waals surface area contributed by atoms with Gasteiger partial charge in [0, 0.05) is 12.5 Å². The summed E-state index contributed by atoms with van der Waals surface area (Å²) in [6, 6.07) is 9.10. The van der Waals surface area contributed by atoms with E-state index in [0.29, 0.717) is 5.92 Å². The van der Waals surface area contributed by atoms with Crippen molar-refractivity contribution in [3.63, 3.8) is 0 Å². The fourth-order valence-corrected chi connectivity index (χ4v) is 2.43. The van der Waals surface area contributed by atoms with Crippen LogP contribution in [0.25, 0.3) is 0 Å². The summed E-state index contributed by atoms with van der Waals surface area (Å²) in [6.07, 6.45) is 2.36. The van der Waals surface area contributed by atoms with Gasteiger partial charge in [-0.3, -0.25) is 0 Å². The minimum atomic E-state index is 0.625. The van der Waals surface area contributed by atoms with Crippen molar-refractivity contribution in [3.8, 4) is 0 Å². The minimum absolute atomic E-state index is 0.625. The lowest BCUT2D eigenvalue weighted by Gasteiger charge is -2.30. The summed E-state index contributed by atoms with van der Waals surface area (Å²) in [5, 5.41) is 3.31. The van der Waals surface area contributed by atoms with Gasteiger partial charge in [-0.1, -0.05) is 31.2 Å². The van der Waals surface area contributed by atoms with Crippen LogP contribution in [0.3, 0.4) is 0 Å². The van der Waals surface area contributed by atoms with Gasteiger partial charge in [0.05, 0.1) is 13.2 Å². The summed E-state index contributed by atoms with van der Waals surface area (Å²) < 4.78 is 5.27. The van der Waals surface area contributed by atoms with Gasteiger partial charge < -0.3 is 10.1 Å². The first kappa shape index (κ1) is 12.6. The Labute approximate surface area is 104 Å². The molecule has 2 nitrogen and oxygen atoms in total. The second-order valence-corrected chi connectivity index (χ2v) is 4.99. The molecule has 1 aliphatic rings. The number of ether oxygens (including phenoxy) is 1. The molecule has 0 amide bonds. The smallest absolute Gasteiger partial charge is 0.0516 e. The molecule has 0 radical (unpaired) electrons. The first-order valence-electron chi connectivity index (χ1n) is 6.64. The van der Waals surface area contributed by atoms with E-state index in [2.05, 4.69) is 36.5 Å². The first-order chi connectivity index (χ1) is 8.33. The molecule has 1 atom stereocenters. The van der Waals surface area contributed by atoms with Crippen LogP contribution >= 0.6 is 0 Å². The summed E-state index contributed by atoms with van der Waals surface area (Å²) in [7, 11) is 2.03. The molecule has 0 aromatic heterocycles. The Morgan fingerprint density at radius 3 is 2.47 bits per heavy atom. The number of nitrogens with one attached hydrogen (secondary N) is 1. The van der Waals surface area contributed by atoms with Crippen molar-refractivity contribution < 1.29 is 4.74 Å². The number of benzene rings is 1. The molecule has 1 unspecified atom stereocenters. The third-order valence-corrected chi connectivity index (χ3v) is 3.63. The molecule has 1 aromatic carbocycles. The number of hydrogen-bond acceptors (Lipinski definition) is 2. The highest BCUT2D eigenvalue weighted by Gasteiger charge is 2.23. The SMILES string of the molecule is CCc1ccc(C(CNC)CC2COC2)cc1. The second kappa shape index (κ2) is 6.18. The van der Waals surface area contributed by atoms with E-state index in [0.717, 1.165) is 32.1 Å². The Morgan fingerprint density at radius 1 is 1.29 bits per heavy atom. The Kier molecular flexibility index (Phi) is 4.57. The zero-order valence-electron chi connectivity index (χ0n) is 10.9. The van der Waals surface area contributed by atoms with E-state index in [9.17, 15) is 0 Å². The molecule has 2 heteroatoms. The highest BCUT2D eigenvalue weighted by Crippen LogP contribution is 2.27. The zero-order chi connectivity index (χ0) is 12.1. The third kappa shape index (κ3) is 3.30. The van der Waals surface area contributed by atoms with Crippen LogP contribution in [0, 0.1) is 5.92 Å². The maximum absolute atomic E-state index is 5.27. The number of hydrogen-bond donors (Lipinski definition) is 1. The largest absolute Gasteiger partial charge is 0.381 e. The van der Waals surface area contributed by atoms with Crippen LogP contribution in [0.5, 0.6) is 0 Å². The monoisotopic (exact) mass is 233 g/mol. The van der Waals surface area contributed by atoms with E-state index in [4.69, 9.17) is 4.74 Å². The third-order valence-electron chi connectivity index (χ3n) is 3.63. The average Bonchev–Trinajstić information content (AvgIpc) is 2.32. The lowest BCUT2D eigenvalue weighted by Crippen LogP contribution is -2.31. The molecule has 1 heterocycles. The van der Waals surface area contributed by atoms with E-state index in [1.165, 1.54) is 17.5 Å². The predicted octanol–water partition coefficient (Wildman–Crippen LogP) is 2.59. The zero-order valence-corrected chi connectivity index (χ0v) is 10.9. The van der Waals surface area contributed by atoms with Crippen molar-refractivity contribution in [2.75, 3.05) is 26.8 Å². The lowest BCUT2D eigenvalue weighted by atomic mass is 9.87. The van der Waals surface area contributed by atoms with E-state index < -0.39 is 0 Å². The highest BCUT2D eigenvalue weighted by molar-refractivity contribution is 5.25. The highest BCUT2D eigenvalue weighted by atomic mass is 16.5. The molecule has 1 N–H and O–H groups in total. The maximum atomic E-state index is 5.27. The molecule has 17 heavy (non-hydrogen) atoms.